The van der Waals surface area contributed by atoms with Crippen molar-refractivity contribution in [1.29, 1.82) is 0 Å². The minimum absolute atomic E-state index is 0.145. The lowest BCUT2D eigenvalue weighted by atomic mass is 9.85. The second-order valence-corrected chi connectivity index (χ2v) is 10.6. The normalized spacial score (nSPS) is 19.4. The monoisotopic (exact) mass is 510 g/mol. The number of Topliss-reactive ketones (excluding diaryl/α,β-unsaturated/α-hetero) is 1. The highest BCUT2D eigenvalue weighted by atomic mass is 19.1. The van der Waals surface area contributed by atoms with E-state index in [1.807, 2.05) is 47.1 Å². The lowest BCUT2D eigenvalue weighted by Gasteiger charge is -2.36. The lowest BCUT2D eigenvalue weighted by Crippen LogP contribution is -2.40. The van der Waals surface area contributed by atoms with Crippen molar-refractivity contribution < 1.29 is 13.9 Å². The molecule has 6 nitrogen and oxygen atoms in total. The molecule has 194 valence electrons. The van der Waals surface area contributed by atoms with Gasteiger partial charge in [0.15, 0.2) is 5.78 Å². The first-order chi connectivity index (χ1) is 18.5. The standard InChI is InChI=1S/C31H31FN4O2/c1-20-12-21(17-35(16-20)19-26-27(32)4-3-5-29(26)38-2)13-28(37)22-6-7-23-15-34-31(25(23)14-22)24-8-9-30-33-10-11-36(30)18-24/h3-11,14,18,20-21H,12-13,15-17,19H2,1-2H3/t20-,21+/m1/s1. The molecule has 0 bridgehead atoms. The van der Waals surface area contributed by atoms with Crippen molar-refractivity contribution in [1.82, 2.24) is 14.3 Å². The third-order valence-electron chi connectivity index (χ3n) is 7.73. The molecule has 0 radical (unpaired) electrons. The minimum Gasteiger partial charge on any atom is -0.496 e. The second kappa shape index (κ2) is 10.1. The molecule has 7 heteroatoms. The van der Waals surface area contributed by atoms with Gasteiger partial charge in [0.2, 0.25) is 0 Å². The van der Waals surface area contributed by atoms with Crippen LogP contribution in [0.5, 0.6) is 5.75 Å². The molecule has 1 saturated heterocycles. The van der Waals surface area contributed by atoms with Crippen LogP contribution in [0.25, 0.3) is 5.65 Å². The quantitative estimate of drug-likeness (QED) is 0.305. The van der Waals surface area contributed by atoms with E-state index in [4.69, 9.17) is 9.73 Å². The topological polar surface area (TPSA) is 59.2 Å². The van der Waals surface area contributed by atoms with Gasteiger partial charge in [0.25, 0.3) is 0 Å². The van der Waals surface area contributed by atoms with Gasteiger partial charge < -0.3 is 9.14 Å². The molecule has 0 unspecified atom stereocenters. The predicted octanol–water partition coefficient (Wildman–Crippen LogP) is 5.56. The number of ether oxygens (including phenoxy) is 1. The first-order valence-electron chi connectivity index (χ1n) is 13.2. The second-order valence-electron chi connectivity index (χ2n) is 10.6. The number of piperidine rings is 1. The number of aromatic nitrogens is 2. The van der Waals surface area contributed by atoms with Gasteiger partial charge in [-0.25, -0.2) is 9.37 Å². The van der Waals surface area contributed by atoms with Gasteiger partial charge in [-0.15, -0.1) is 0 Å². The van der Waals surface area contributed by atoms with Crippen molar-refractivity contribution in [3.05, 3.63) is 101 Å². The Morgan fingerprint density at radius 1 is 1.16 bits per heavy atom. The van der Waals surface area contributed by atoms with E-state index in [2.05, 4.69) is 16.8 Å². The molecule has 1 fully saturated rings. The number of carbonyl (C=O) groups is 1. The molecule has 38 heavy (non-hydrogen) atoms. The molecular formula is C31H31FN4O2. The third kappa shape index (κ3) is 4.74. The summed E-state index contributed by atoms with van der Waals surface area (Å²) in [5.74, 6) is 1.11. The minimum atomic E-state index is -0.252. The smallest absolute Gasteiger partial charge is 0.163 e. The number of ketones is 1. The van der Waals surface area contributed by atoms with Gasteiger partial charge >= 0.3 is 0 Å². The van der Waals surface area contributed by atoms with Gasteiger partial charge in [0, 0.05) is 66.9 Å². The van der Waals surface area contributed by atoms with Crippen molar-refractivity contribution >= 4 is 17.1 Å². The van der Waals surface area contributed by atoms with Crippen molar-refractivity contribution in [2.24, 2.45) is 16.8 Å². The zero-order valence-electron chi connectivity index (χ0n) is 21.7. The Morgan fingerprint density at radius 2 is 2.05 bits per heavy atom. The molecule has 0 N–H and O–H groups in total. The Bertz CT molecular complexity index is 1540. The number of hydrogen-bond donors (Lipinski definition) is 0. The van der Waals surface area contributed by atoms with E-state index < -0.39 is 0 Å². The molecule has 2 atom stereocenters. The van der Waals surface area contributed by atoms with Crippen molar-refractivity contribution in [3.63, 3.8) is 0 Å². The van der Waals surface area contributed by atoms with Gasteiger partial charge in [0.1, 0.15) is 17.2 Å². The van der Waals surface area contributed by atoms with Crippen LogP contribution in [0.2, 0.25) is 0 Å². The van der Waals surface area contributed by atoms with Gasteiger partial charge in [-0.2, -0.15) is 0 Å². The van der Waals surface area contributed by atoms with E-state index in [1.165, 1.54) is 6.07 Å². The maximum absolute atomic E-state index is 14.6. The van der Waals surface area contributed by atoms with Crippen LogP contribution < -0.4 is 4.74 Å². The SMILES string of the molecule is COc1cccc(F)c1CN1C[C@H](C)C[C@@H](CC(=O)c2ccc3c(c2)C(c2ccc4nccn4c2)=NC3)C1. The van der Waals surface area contributed by atoms with Crippen LogP contribution in [0.15, 0.2) is 72.1 Å². The fourth-order valence-corrected chi connectivity index (χ4v) is 6.03. The summed E-state index contributed by atoms with van der Waals surface area (Å²) in [4.78, 5) is 24.8. The lowest BCUT2D eigenvalue weighted by molar-refractivity contribution is 0.0856. The van der Waals surface area contributed by atoms with Crippen molar-refractivity contribution in [3.8, 4) is 5.75 Å². The van der Waals surface area contributed by atoms with Crippen LogP contribution >= 0.6 is 0 Å². The number of benzene rings is 2. The van der Waals surface area contributed by atoms with Crippen LogP contribution in [-0.2, 0) is 13.1 Å². The average Bonchev–Trinajstić information content (AvgIpc) is 3.55. The summed E-state index contributed by atoms with van der Waals surface area (Å²) >= 11 is 0. The molecule has 2 aliphatic heterocycles. The Hall–Kier alpha value is -3.84. The molecular weight excluding hydrogens is 479 g/mol. The van der Waals surface area contributed by atoms with E-state index in [0.717, 1.165) is 53.1 Å². The zero-order valence-corrected chi connectivity index (χ0v) is 21.7. The predicted molar refractivity (Wildman–Crippen MR) is 145 cm³/mol. The number of fused-ring (bicyclic) bond motifs is 2. The summed E-state index contributed by atoms with van der Waals surface area (Å²) in [5, 5.41) is 0. The molecule has 2 aromatic carbocycles. The van der Waals surface area contributed by atoms with Gasteiger partial charge in [0.05, 0.1) is 19.4 Å². The molecule has 4 heterocycles. The number of nitrogens with zero attached hydrogens (tertiary/aromatic N) is 4. The number of pyridine rings is 1. The number of likely N-dealkylation sites (tertiary alicyclic amines) is 1. The summed E-state index contributed by atoms with van der Waals surface area (Å²) in [7, 11) is 1.57. The Labute approximate surface area is 221 Å². The number of rotatable bonds is 7. The summed E-state index contributed by atoms with van der Waals surface area (Å²) in [6, 6.07) is 14.9. The highest BCUT2D eigenvalue weighted by Gasteiger charge is 2.29. The third-order valence-corrected chi connectivity index (χ3v) is 7.73. The van der Waals surface area contributed by atoms with Gasteiger partial charge in [-0.3, -0.25) is 14.7 Å². The highest BCUT2D eigenvalue weighted by molar-refractivity contribution is 6.16. The van der Waals surface area contributed by atoms with Crippen molar-refractivity contribution in [2.45, 2.75) is 32.9 Å². The molecule has 0 saturated carbocycles. The number of methoxy groups -OCH3 is 1. The fraction of sp³-hybridized carbons (Fsp3) is 0.323. The van der Waals surface area contributed by atoms with E-state index in [-0.39, 0.29) is 17.5 Å². The number of carbonyl (C=O) groups excluding carboxylic acids is 1. The van der Waals surface area contributed by atoms with E-state index in [1.54, 1.807) is 25.4 Å². The average molecular weight is 511 g/mol. The van der Waals surface area contributed by atoms with Crippen LogP contribution in [0, 0.1) is 17.7 Å². The van der Waals surface area contributed by atoms with E-state index >= 15 is 0 Å². The Balaban J connectivity index is 1.18. The maximum Gasteiger partial charge on any atom is 0.163 e. The first kappa shape index (κ1) is 24.5. The molecule has 2 aromatic heterocycles. The molecule has 4 aromatic rings. The summed E-state index contributed by atoms with van der Waals surface area (Å²) in [5.41, 5.74) is 6.29. The van der Waals surface area contributed by atoms with Crippen LogP contribution in [0.4, 0.5) is 4.39 Å². The highest BCUT2D eigenvalue weighted by Crippen LogP contribution is 2.31. The van der Waals surface area contributed by atoms with Crippen LogP contribution in [0.1, 0.15) is 52.4 Å². The Morgan fingerprint density at radius 3 is 2.92 bits per heavy atom. The Kier molecular flexibility index (Phi) is 6.54. The summed E-state index contributed by atoms with van der Waals surface area (Å²) < 4.78 is 22.0. The van der Waals surface area contributed by atoms with E-state index in [0.29, 0.717) is 36.7 Å². The van der Waals surface area contributed by atoms with Gasteiger partial charge in [-0.05, 0) is 54.2 Å². The fourth-order valence-electron chi connectivity index (χ4n) is 6.03. The molecule has 2 aliphatic rings. The molecule has 0 spiro atoms. The van der Waals surface area contributed by atoms with Crippen LogP contribution in [0.3, 0.4) is 0 Å². The molecule has 0 aliphatic carbocycles. The number of aliphatic imine (C=N–C) groups is 1. The largest absolute Gasteiger partial charge is 0.496 e. The molecule has 6 rings (SSSR count). The first-order valence-corrected chi connectivity index (χ1v) is 13.2. The number of imidazole rings is 1. The van der Waals surface area contributed by atoms with Gasteiger partial charge in [-0.1, -0.05) is 25.1 Å². The van der Waals surface area contributed by atoms with Crippen LogP contribution in [-0.4, -0.2) is 46.0 Å². The number of hydrogen-bond acceptors (Lipinski definition) is 5. The van der Waals surface area contributed by atoms with E-state index in [9.17, 15) is 9.18 Å². The number of halogens is 1. The molecule has 0 amide bonds. The maximum atomic E-state index is 14.6. The summed E-state index contributed by atoms with van der Waals surface area (Å²) in [6.45, 7) is 4.94. The summed E-state index contributed by atoms with van der Waals surface area (Å²) in [6.07, 6.45) is 7.19. The zero-order chi connectivity index (χ0) is 26.2. The van der Waals surface area contributed by atoms with Crippen molar-refractivity contribution in [2.75, 3.05) is 20.2 Å².